The second kappa shape index (κ2) is 7.48. The van der Waals surface area contributed by atoms with Gasteiger partial charge >= 0.3 is 0 Å². The zero-order valence-electron chi connectivity index (χ0n) is 13.9. The number of nitrogens with one attached hydrogen (secondary N) is 1. The molecular weight excluding hydrogens is 368 g/mol. The summed E-state index contributed by atoms with van der Waals surface area (Å²) >= 11 is 7.72. The number of nitrogens with zero attached hydrogens (tertiary/aromatic N) is 1. The third-order valence-electron chi connectivity index (χ3n) is 4.29. The van der Waals surface area contributed by atoms with Gasteiger partial charge in [0.05, 0.1) is 29.8 Å². The summed E-state index contributed by atoms with van der Waals surface area (Å²) in [5, 5.41) is 6.51. The molecule has 0 radical (unpaired) electrons. The van der Waals surface area contributed by atoms with Crippen molar-refractivity contribution in [1.82, 2.24) is 10.3 Å². The van der Waals surface area contributed by atoms with E-state index in [9.17, 15) is 4.79 Å². The van der Waals surface area contributed by atoms with Gasteiger partial charge < -0.3 is 10.1 Å². The SMILES string of the molecule is O=C(Cc1csc(-c2ccccc2Cl)n1)NC1CCOc2ccccc21. The van der Waals surface area contributed by atoms with Gasteiger partial charge in [0, 0.05) is 22.9 Å². The molecule has 0 bridgehead atoms. The molecule has 0 spiro atoms. The minimum Gasteiger partial charge on any atom is -0.493 e. The second-order valence-corrected chi connectivity index (χ2v) is 7.36. The number of aromatic nitrogens is 1. The van der Waals surface area contributed by atoms with Gasteiger partial charge in [-0.15, -0.1) is 11.3 Å². The highest BCUT2D eigenvalue weighted by Gasteiger charge is 2.23. The van der Waals surface area contributed by atoms with Gasteiger partial charge in [-0.2, -0.15) is 0 Å². The van der Waals surface area contributed by atoms with Crippen molar-refractivity contribution in [3.63, 3.8) is 0 Å². The van der Waals surface area contributed by atoms with Crippen molar-refractivity contribution in [3.05, 3.63) is 70.2 Å². The molecule has 1 unspecified atom stereocenters. The van der Waals surface area contributed by atoms with E-state index in [4.69, 9.17) is 16.3 Å². The summed E-state index contributed by atoms with van der Waals surface area (Å²) in [4.78, 5) is 17.1. The maximum atomic E-state index is 12.5. The first-order valence-electron chi connectivity index (χ1n) is 8.41. The molecule has 1 amide bonds. The molecule has 132 valence electrons. The molecule has 6 heteroatoms. The van der Waals surface area contributed by atoms with E-state index in [0.29, 0.717) is 11.6 Å². The zero-order valence-corrected chi connectivity index (χ0v) is 15.5. The number of carbonyl (C=O) groups is 1. The van der Waals surface area contributed by atoms with Crippen LogP contribution in [0.2, 0.25) is 5.02 Å². The molecule has 0 saturated carbocycles. The van der Waals surface area contributed by atoms with Crippen LogP contribution in [0.1, 0.15) is 23.7 Å². The Kier molecular flexibility index (Phi) is 4.91. The highest BCUT2D eigenvalue weighted by molar-refractivity contribution is 7.13. The van der Waals surface area contributed by atoms with E-state index in [2.05, 4.69) is 10.3 Å². The number of carbonyl (C=O) groups excluding carboxylic acids is 1. The van der Waals surface area contributed by atoms with Crippen molar-refractivity contribution in [2.45, 2.75) is 18.9 Å². The molecule has 1 aromatic heterocycles. The average molecular weight is 385 g/mol. The van der Waals surface area contributed by atoms with E-state index in [-0.39, 0.29) is 18.4 Å². The lowest BCUT2D eigenvalue weighted by Crippen LogP contribution is -2.33. The molecule has 2 aromatic carbocycles. The van der Waals surface area contributed by atoms with E-state index in [0.717, 1.165) is 34.0 Å². The van der Waals surface area contributed by atoms with Crippen LogP contribution >= 0.6 is 22.9 Å². The topological polar surface area (TPSA) is 51.2 Å². The lowest BCUT2D eigenvalue weighted by Gasteiger charge is -2.26. The summed E-state index contributed by atoms with van der Waals surface area (Å²) in [6.07, 6.45) is 1.02. The Morgan fingerprint density at radius 1 is 1.23 bits per heavy atom. The Hall–Kier alpha value is -2.37. The Bertz CT molecular complexity index is 941. The summed E-state index contributed by atoms with van der Waals surface area (Å²) in [6.45, 7) is 0.606. The number of fused-ring (bicyclic) bond motifs is 1. The standard InChI is InChI=1S/C20H17ClN2O2S/c21-16-7-3-1-5-14(16)20-22-13(12-26-20)11-19(24)23-17-9-10-25-18-8-4-2-6-15(17)18/h1-8,12,17H,9-11H2,(H,23,24). The van der Waals surface area contributed by atoms with Crippen molar-refractivity contribution >= 4 is 28.8 Å². The largest absolute Gasteiger partial charge is 0.493 e. The van der Waals surface area contributed by atoms with Crippen LogP contribution in [0.4, 0.5) is 0 Å². The normalized spacial score (nSPS) is 15.8. The number of rotatable bonds is 4. The van der Waals surface area contributed by atoms with Crippen LogP contribution in [0.3, 0.4) is 0 Å². The van der Waals surface area contributed by atoms with Crippen LogP contribution in [-0.4, -0.2) is 17.5 Å². The molecule has 0 aliphatic carbocycles. The third-order valence-corrected chi connectivity index (χ3v) is 5.55. The number of amides is 1. The number of ether oxygens (including phenoxy) is 1. The summed E-state index contributed by atoms with van der Waals surface area (Å²) in [5.74, 6) is 0.807. The zero-order chi connectivity index (χ0) is 17.9. The fourth-order valence-corrected chi connectivity index (χ4v) is 4.19. The minimum absolute atomic E-state index is 0.0193. The number of thiazole rings is 1. The van der Waals surface area contributed by atoms with E-state index in [1.807, 2.05) is 53.9 Å². The molecule has 0 saturated heterocycles. The van der Waals surface area contributed by atoms with E-state index in [1.54, 1.807) is 0 Å². The first kappa shape index (κ1) is 17.1. The predicted octanol–water partition coefficient (Wildman–Crippen LogP) is 4.65. The van der Waals surface area contributed by atoms with Gasteiger partial charge in [0.25, 0.3) is 0 Å². The molecule has 4 nitrogen and oxygen atoms in total. The van der Waals surface area contributed by atoms with Gasteiger partial charge in [-0.05, 0) is 12.1 Å². The Morgan fingerprint density at radius 2 is 2.04 bits per heavy atom. The first-order chi connectivity index (χ1) is 12.7. The van der Waals surface area contributed by atoms with Crippen molar-refractivity contribution in [3.8, 4) is 16.3 Å². The van der Waals surface area contributed by atoms with Gasteiger partial charge in [-0.25, -0.2) is 4.98 Å². The van der Waals surface area contributed by atoms with Crippen molar-refractivity contribution in [2.24, 2.45) is 0 Å². The van der Waals surface area contributed by atoms with Gasteiger partial charge in [0.2, 0.25) is 5.91 Å². The van der Waals surface area contributed by atoms with Crippen LogP contribution < -0.4 is 10.1 Å². The lowest BCUT2D eigenvalue weighted by atomic mass is 10.0. The van der Waals surface area contributed by atoms with Crippen molar-refractivity contribution in [1.29, 1.82) is 0 Å². The highest BCUT2D eigenvalue weighted by atomic mass is 35.5. The molecule has 1 aliphatic rings. The maximum Gasteiger partial charge on any atom is 0.226 e. The van der Waals surface area contributed by atoms with E-state index >= 15 is 0 Å². The maximum absolute atomic E-state index is 12.5. The second-order valence-electron chi connectivity index (χ2n) is 6.10. The van der Waals surface area contributed by atoms with Crippen LogP contribution in [-0.2, 0) is 11.2 Å². The highest BCUT2D eigenvalue weighted by Crippen LogP contribution is 2.32. The summed E-state index contributed by atoms with van der Waals surface area (Å²) < 4.78 is 5.64. The molecule has 1 aliphatic heterocycles. The number of para-hydroxylation sites is 1. The fraction of sp³-hybridized carbons (Fsp3) is 0.200. The number of hydrogen-bond donors (Lipinski definition) is 1. The molecule has 0 fully saturated rings. The molecule has 4 rings (SSSR count). The predicted molar refractivity (Wildman–Crippen MR) is 104 cm³/mol. The smallest absolute Gasteiger partial charge is 0.226 e. The first-order valence-corrected chi connectivity index (χ1v) is 9.67. The summed E-state index contributed by atoms with van der Waals surface area (Å²) in [7, 11) is 0. The summed E-state index contributed by atoms with van der Waals surface area (Å²) in [5.41, 5.74) is 2.68. The molecule has 26 heavy (non-hydrogen) atoms. The molecule has 2 heterocycles. The molecular formula is C20H17ClN2O2S. The van der Waals surface area contributed by atoms with Crippen LogP contribution in [0.25, 0.3) is 10.6 Å². The Labute approximate surface area is 160 Å². The van der Waals surface area contributed by atoms with Crippen LogP contribution in [0.5, 0.6) is 5.75 Å². The van der Waals surface area contributed by atoms with E-state index in [1.165, 1.54) is 11.3 Å². The Morgan fingerprint density at radius 3 is 2.92 bits per heavy atom. The van der Waals surface area contributed by atoms with Crippen molar-refractivity contribution in [2.75, 3.05) is 6.61 Å². The number of halogens is 1. The average Bonchev–Trinajstić information content (AvgIpc) is 3.10. The third kappa shape index (κ3) is 3.59. The minimum atomic E-state index is -0.0392. The molecule has 3 aromatic rings. The van der Waals surface area contributed by atoms with Gasteiger partial charge in [-0.1, -0.05) is 48.0 Å². The van der Waals surface area contributed by atoms with Crippen LogP contribution in [0, 0.1) is 0 Å². The van der Waals surface area contributed by atoms with Gasteiger partial charge in [0.15, 0.2) is 0 Å². The fourth-order valence-electron chi connectivity index (χ4n) is 3.05. The van der Waals surface area contributed by atoms with E-state index < -0.39 is 0 Å². The molecule has 1 N–H and O–H groups in total. The quantitative estimate of drug-likeness (QED) is 0.712. The number of benzene rings is 2. The lowest BCUT2D eigenvalue weighted by molar-refractivity contribution is -0.121. The molecule has 1 atom stereocenters. The van der Waals surface area contributed by atoms with Crippen molar-refractivity contribution < 1.29 is 9.53 Å². The number of hydrogen-bond acceptors (Lipinski definition) is 4. The Balaban J connectivity index is 1.44. The monoisotopic (exact) mass is 384 g/mol. The van der Waals surface area contributed by atoms with Crippen LogP contribution in [0.15, 0.2) is 53.9 Å². The van der Waals surface area contributed by atoms with Gasteiger partial charge in [-0.3, -0.25) is 4.79 Å². The summed E-state index contributed by atoms with van der Waals surface area (Å²) in [6, 6.07) is 15.4. The van der Waals surface area contributed by atoms with Gasteiger partial charge in [0.1, 0.15) is 10.8 Å².